The van der Waals surface area contributed by atoms with Crippen LogP contribution in [0.1, 0.15) is 12.8 Å². The van der Waals surface area contributed by atoms with Crippen LogP contribution in [0.3, 0.4) is 0 Å². The van der Waals surface area contributed by atoms with Crippen molar-refractivity contribution in [1.29, 1.82) is 0 Å². The summed E-state index contributed by atoms with van der Waals surface area (Å²) in [4.78, 5) is 17.3. The topological polar surface area (TPSA) is 60.9 Å². The highest BCUT2D eigenvalue weighted by Gasteiger charge is 2.35. The van der Waals surface area contributed by atoms with Gasteiger partial charge in [-0.3, -0.25) is 4.79 Å². The molecular formula is C22H26FN3O3S. The van der Waals surface area contributed by atoms with Crippen LogP contribution < -0.4 is 4.90 Å². The largest absolute Gasteiger partial charge is 0.368 e. The predicted molar refractivity (Wildman–Crippen MR) is 113 cm³/mol. The third-order valence-electron chi connectivity index (χ3n) is 5.90. The highest BCUT2D eigenvalue weighted by Crippen LogP contribution is 2.26. The fourth-order valence-corrected chi connectivity index (χ4v) is 5.74. The van der Waals surface area contributed by atoms with Crippen molar-refractivity contribution in [3.05, 3.63) is 60.4 Å². The molecule has 2 saturated heterocycles. The molecular weight excluding hydrogens is 405 g/mol. The Morgan fingerprint density at radius 1 is 0.900 bits per heavy atom. The molecule has 2 aromatic carbocycles. The second kappa shape index (κ2) is 8.73. The molecule has 0 aromatic heterocycles. The van der Waals surface area contributed by atoms with Crippen LogP contribution in [0.2, 0.25) is 0 Å². The highest BCUT2D eigenvalue weighted by molar-refractivity contribution is 7.89. The number of sulfonamides is 1. The van der Waals surface area contributed by atoms with E-state index in [4.69, 9.17) is 0 Å². The zero-order chi connectivity index (χ0) is 21.1. The summed E-state index contributed by atoms with van der Waals surface area (Å²) in [5.74, 6) is -0.545. The number of carbonyl (C=O) groups excluding carboxylic acids is 1. The van der Waals surface area contributed by atoms with Gasteiger partial charge in [0, 0.05) is 45.0 Å². The molecule has 0 spiro atoms. The number of piperidine rings is 1. The molecule has 4 rings (SSSR count). The normalized spacial score (nSPS) is 20.9. The van der Waals surface area contributed by atoms with Crippen molar-refractivity contribution in [2.45, 2.75) is 17.7 Å². The van der Waals surface area contributed by atoms with E-state index in [1.807, 2.05) is 4.90 Å². The van der Waals surface area contributed by atoms with E-state index in [0.717, 1.165) is 5.69 Å². The SMILES string of the molecule is O=C([C@@H]1CCCN(S(=O)(=O)c2ccccc2)C1)N1CCN(c2ccc(F)cc2)CC1. The molecule has 0 N–H and O–H groups in total. The first-order valence-corrected chi connectivity index (χ1v) is 11.7. The van der Waals surface area contributed by atoms with E-state index < -0.39 is 10.0 Å². The molecule has 0 saturated carbocycles. The third kappa shape index (κ3) is 4.34. The van der Waals surface area contributed by atoms with Gasteiger partial charge in [-0.05, 0) is 49.2 Å². The lowest BCUT2D eigenvalue weighted by Gasteiger charge is -2.39. The first-order valence-electron chi connectivity index (χ1n) is 10.3. The second-order valence-electron chi connectivity index (χ2n) is 7.80. The number of nitrogens with zero attached hydrogens (tertiary/aromatic N) is 3. The molecule has 8 heteroatoms. The molecule has 2 aromatic rings. The van der Waals surface area contributed by atoms with Crippen molar-refractivity contribution in [1.82, 2.24) is 9.21 Å². The maximum atomic E-state index is 13.1. The molecule has 2 heterocycles. The van der Waals surface area contributed by atoms with Gasteiger partial charge in [0.15, 0.2) is 0 Å². The van der Waals surface area contributed by atoms with Crippen molar-refractivity contribution in [2.24, 2.45) is 5.92 Å². The van der Waals surface area contributed by atoms with Gasteiger partial charge in [0.05, 0.1) is 10.8 Å². The number of carbonyl (C=O) groups is 1. The standard InChI is InChI=1S/C22H26FN3O3S/c23-19-8-10-20(11-9-19)24-13-15-25(16-14-24)22(27)18-5-4-12-26(17-18)30(28,29)21-6-2-1-3-7-21/h1-3,6-11,18H,4-5,12-17H2/t18-/m1/s1. The lowest BCUT2D eigenvalue weighted by Crippen LogP contribution is -2.53. The van der Waals surface area contributed by atoms with Gasteiger partial charge < -0.3 is 9.80 Å². The van der Waals surface area contributed by atoms with Gasteiger partial charge in [-0.2, -0.15) is 4.31 Å². The fraction of sp³-hybridized carbons (Fsp3) is 0.409. The number of hydrogen-bond donors (Lipinski definition) is 0. The molecule has 0 bridgehead atoms. The van der Waals surface area contributed by atoms with Gasteiger partial charge in [0.25, 0.3) is 0 Å². The van der Waals surface area contributed by atoms with Gasteiger partial charge in [0.1, 0.15) is 5.82 Å². The zero-order valence-corrected chi connectivity index (χ0v) is 17.6. The second-order valence-corrected chi connectivity index (χ2v) is 9.74. The monoisotopic (exact) mass is 431 g/mol. The number of amides is 1. The molecule has 0 radical (unpaired) electrons. The van der Waals surface area contributed by atoms with E-state index in [-0.39, 0.29) is 29.1 Å². The van der Waals surface area contributed by atoms with Gasteiger partial charge in [-0.1, -0.05) is 18.2 Å². The first kappa shape index (κ1) is 20.8. The Kier molecular flexibility index (Phi) is 6.06. The van der Waals surface area contributed by atoms with Crippen LogP contribution in [0.4, 0.5) is 10.1 Å². The van der Waals surface area contributed by atoms with E-state index in [2.05, 4.69) is 4.90 Å². The Hall–Kier alpha value is -2.45. The van der Waals surface area contributed by atoms with E-state index in [1.54, 1.807) is 42.5 Å². The van der Waals surface area contributed by atoms with Crippen molar-refractivity contribution in [3.63, 3.8) is 0 Å². The minimum Gasteiger partial charge on any atom is -0.368 e. The van der Waals surface area contributed by atoms with Gasteiger partial charge in [-0.15, -0.1) is 0 Å². The first-order chi connectivity index (χ1) is 14.4. The van der Waals surface area contributed by atoms with E-state index in [0.29, 0.717) is 45.6 Å². The number of anilines is 1. The summed E-state index contributed by atoms with van der Waals surface area (Å²) < 4.78 is 40.4. The third-order valence-corrected chi connectivity index (χ3v) is 7.78. The molecule has 6 nitrogen and oxygen atoms in total. The summed E-state index contributed by atoms with van der Waals surface area (Å²) in [5, 5.41) is 0. The number of halogens is 1. The number of benzene rings is 2. The summed E-state index contributed by atoms with van der Waals surface area (Å²) >= 11 is 0. The Labute approximate surface area is 176 Å². The Morgan fingerprint density at radius 2 is 1.57 bits per heavy atom. The molecule has 2 fully saturated rings. The van der Waals surface area contributed by atoms with Crippen LogP contribution in [0, 0.1) is 11.7 Å². The Balaban J connectivity index is 1.37. The smallest absolute Gasteiger partial charge is 0.243 e. The van der Waals surface area contributed by atoms with Crippen LogP contribution in [-0.2, 0) is 14.8 Å². The molecule has 1 atom stereocenters. The molecule has 2 aliphatic rings. The van der Waals surface area contributed by atoms with Crippen LogP contribution in [-0.4, -0.2) is 62.8 Å². The van der Waals surface area contributed by atoms with Crippen molar-refractivity contribution < 1.29 is 17.6 Å². The summed E-state index contributed by atoms with van der Waals surface area (Å²) in [6, 6.07) is 14.8. The van der Waals surface area contributed by atoms with Crippen molar-refractivity contribution >= 4 is 21.6 Å². The van der Waals surface area contributed by atoms with Crippen molar-refractivity contribution in [2.75, 3.05) is 44.2 Å². The molecule has 0 unspecified atom stereocenters. The summed E-state index contributed by atoms with van der Waals surface area (Å²) in [7, 11) is -3.58. The molecule has 30 heavy (non-hydrogen) atoms. The lowest BCUT2D eigenvalue weighted by atomic mass is 9.97. The van der Waals surface area contributed by atoms with Crippen LogP contribution in [0.25, 0.3) is 0 Å². The highest BCUT2D eigenvalue weighted by atomic mass is 32.2. The minimum atomic E-state index is -3.58. The predicted octanol–water partition coefficient (Wildman–Crippen LogP) is 2.58. The van der Waals surface area contributed by atoms with E-state index >= 15 is 0 Å². The summed E-state index contributed by atoms with van der Waals surface area (Å²) in [6.07, 6.45) is 1.38. The zero-order valence-electron chi connectivity index (χ0n) is 16.8. The van der Waals surface area contributed by atoms with Crippen LogP contribution in [0.15, 0.2) is 59.5 Å². The number of hydrogen-bond acceptors (Lipinski definition) is 4. The maximum absolute atomic E-state index is 13.1. The Morgan fingerprint density at radius 3 is 2.23 bits per heavy atom. The molecule has 2 aliphatic heterocycles. The molecule has 1 amide bonds. The summed E-state index contributed by atoms with van der Waals surface area (Å²) in [5.41, 5.74) is 0.946. The van der Waals surface area contributed by atoms with Crippen molar-refractivity contribution in [3.8, 4) is 0 Å². The number of rotatable bonds is 4. The maximum Gasteiger partial charge on any atom is 0.243 e. The average Bonchev–Trinajstić information content (AvgIpc) is 2.80. The average molecular weight is 432 g/mol. The molecule has 160 valence electrons. The lowest BCUT2D eigenvalue weighted by molar-refractivity contribution is -0.137. The quantitative estimate of drug-likeness (QED) is 0.747. The summed E-state index contributed by atoms with van der Waals surface area (Å²) in [6.45, 7) is 3.19. The molecule has 0 aliphatic carbocycles. The van der Waals surface area contributed by atoms with Gasteiger partial charge in [-0.25, -0.2) is 12.8 Å². The Bertz CT molecular complexity index is 974. The van der Waals surface area contributed by atoms with Crippen LogP contribution >= 0.6 is 0 Å². The van der Waals surface area contributed by atoms with Crippen LogP contribution in [0.5, 0.6) is 0 Å². The fourth-order valence-electron chi connectivity index (χ4n) is 4.20. The van der Waals surface area contributed by atoms with Gasteiger partial charge in [0.2, 0.25) is 15.9 Å². The van der Waals surface area contributed by atoms with E-state index in [9.17, 15) is 17.6 Å². The minimum absolute atomic E-state index is 0.0294. The number of piperazine rings is 1. The van der Waals surface area contributed by atoms with E-state index in [1.165, 1.54) is 16.4 Å². The van der Waals surface area contributed by atoms with Gasteiger partial charge >= 0.3 is 0 Å².